The molecule has 1 aromatic heterocycles. The van der Waals surface area contributed by atoms with Crippen molar-refractivity contribution in [2.75, 3.05) is 0 Å². The molecule has 0 saturated heterocycles. The average molecular weight is 301 g/mol. The number of aromatic nitrogens is 1. The number of thiazole rings is 1. The van der Waals surface area contributed by atoms with Gasteiger partial charge >= 0.3 is 0 Å². The fourth-order valence-electron chi connectivity index (χ4n) is 2.60. The molecular formula is C18H23NOS. The summed E-state index contributed by atoms with van der Waals surface area (Å²) in [6, 6.07) is 8.33. The Morgan fingerprint density at radius 3 is 2.62 bits per heavy atom. The third-order valence-electron chi connectivity index (χ3n) is 4.06. The van der Waals surface area contributed by atoms with Crippen molar-refractivity contribution in [3.63, 3.8) is 0 Å². The molecule has 112 valence electrons. The molecule has 1 saturated carbocycles. The van der Waals surface area contributed by atoms with Gasteiger partial charge in [-0.05, 0) is 29.9 Å². The number of hydrogen-bond acceptors (Lipinski definition) is 3. The van der Waals surface area contributed by atoms with Gasteiger partial charge in [0.15, 0.2) is 0 Å². The topological polar surface area (TPSA) is 33.1 Å². The van der Waals surface area contributed by atoms with E-state index in [1.54, 1.807) is 11.3 Å². The molecule has 1 fully saturated rings. The fraction of sp³-hybridized carbons (Fsp3) is 0.500. The SMILES string of the molecule is CC(C)(C)c1csc(CC(O)c2ccccc2C2CC2)n1. The van der Waals surface area contributed by atoms with Crippen molar-refractivity contribution in [1.82, 2.24) is 4.98 Å². The van der Waals surface area contributed by atoms with Gasteiger partial charge in [-0.1, -0.05) is 45.0 Å². The minimum Gasteiger partial charge on any atom is -0.388 e. The van der Waals surface area contributed by atoms with E-state index in [9.17, 15) is 5.11 Å². The van der Waals surface area contributed by atoms with Gasteiger partial charge in [-0.3, -0.25) is 0 Å². The average Bonchev–Trinajstić information content (AvgIpc) is 3.17. The van der Waals surface area contributed by atoms with Crippen LogP contribution < -0.4 is 0 Å². The molecule has 0 radical (unpaired) electrons. The number of aliphatic hydroxyl groups is 1. The van der Waals surface area contributed by atoms with Gasteiger partial charge in [-0.25, -0.2) is 4.98 Å². The van der Waals surface area contributed by atoms with Crippen LogP contribution in [-0.4, -0.2) is 10.1 Å². The molecule has 1 heterocycles. The van der Waals surface area contributed by atoms with E-state index in [0.29, 0.717) is 12.3 Å². The van der Waals surface area contributed by atoms with Crippen molar-refractivity contribution in [3.8, 4) is 0 Å². The van der Waals surface area contributed by atoms with Crippen LogP contribution in [-0.2, 0) is 11.8 Å². The highest BCUT2D eigenvalue weighted by molar-refractivity contribution is 7.09. The Kier molecular flexibility index (Phi) is 3.89. The summed E-state index contributed by atoms with van der Waals surface area (Å²) in [7, 11) is 0. The van der Waals surface area contributed by atoms with Crippen molar-refractivity contribution >= 4 is 11.3 Å². The Morgan fingerprint density at radius 1 is 1.29 bits per heavy atom. The van der Waals surface area contributed by atoms with E-state index in [-0.39, 0.29) is 5.41 Å². The molecule has 0 bridgehead atoms. The molecule has 1 aliphatic carbocycles. The first-order valence-electron chi connectivity index (χ1n) is 7.67. The molecule has 3 heteroatoms. The van der Waals surface area contributed by atoms with Crippen LogP contribution in [0.2, 0.25) is 0 Å². The van der Waals surface area contributed by atoms with Gasteiger partial charge in [0.2, 0.25) is 0 Å². The molecule has 0 amide bonds. The van der Waals surface area contributed by atoms with Crippen molar-refractivity contribution in [2.24, 2.45) is 0 Å². The summed E-state index contributed by atoms with van der Waals surface area (Å²) in [5, 5.41) is 13.8. The summed E-state index contributed by atoms with van der Waals surface area (Å²) in [6.07, 6.45) is 2.69. The van der Waals surface area contributed by atoms with Crippen LogP contribution in [0.25, 0.3) is 0 Å². The highest BCUT2D eigenvalue weighted by Crippen LogP contribution is 2.43. The number of aliphatic hydroxyl groups excluding tert-OH is 1. The Hall–Kier alpha value is -1.19. The molecule has 0 aliphatic heterocycles. The maximum Gasteiger partial charge on any atom is 0.0957 e. The first-order valence-corrected chi connectivity index (χ1v) is 8.55. The smallest absolute Gasteiger partial charge is 0.0957 e. The zero-order valence-corrected chi connectivity index (χ0v) is 13.8. The predicted molar refractivity (Wildman–Crippen MR) is 87.9 cm³/mol. The molecule has 0 spiro atoms. The number of hydrogen-bond donors (Lipinski definition) is 1. The van der Waals surface area contributed by atoms with Gasteiger partial charge in [0.1, 0.15) is 0 Å². The lowest BCUT2D eigenvalue weighted by atomic mass is 9.93. The van der Waals surface area contributed by atoms with E-state index in [2.05, 4.69) is 44.4 Å². The standard InChI is InChI=1S/C18H23NOS/c1-18(2,3)16-11-21-17(19-16)10-15(20)14-7-5-4-6-13(14)12-8-9-12/h4-7,11-12,15,20H,8-10H2,1-3H3. The van der Waals surface area contributed by atoms with Crippen LogP contribution in [0.3, 0.4) is 0 Å². The van der Waals surface area contributed by atoms with Crippen molar-refractivity contribution in [1.29, 1.82) is 0 Å². The Balaban J connectivity index is 1.77. The molecular weight excluding hydrogens is 278 g/mol. The van der Waals surface area contributed by atoms with Gasteiger partial charge in [0.25, 0.3) is 0 Å². The van der Waals surface area contributed by atoms with Crippen LogP contribution >= 0.6 is 11.3 Å². The fourth-order valence-corrected chi connectivity index (χ4v) is 3.66. The van der Waals surface area contributed by atoms with Crippen LogP contribution in [0.4, 0.5) is 0 Å². The van der Waals surface area contributed by atoms with Gasteiger partial charge in [0.05, 0.1) is 16.8 Å². The molecule has 1 N–H and O–H groups in total. The Labute approximate surface area is 130 Å². The zero-order valence-electron chi connectivity index (χ0n) is 13.0. The lowest BCUT2D eigenvalue weighted by Gasteiger charge is -2.15. The minimum atomic E-state index is -0.444. The van der Waals surface area contributed by atoms with Crippen LogP contribution in [0, 0.1) is 0 Å². The second-order valence-electron chi connectivity index (χ2n) is 7.00. The summed E-state index contributed by atoms with van der Waals surface area (Å²) >= 11 is 1.66. The summed E-state index contributed by atoms with van der Waals surface area (Å²) in [6.45, 7) is 6.51. The first kappa shape index (κ1) is 14.7. The Bertz CT molecular complexity index is 622. The van der Waals surface area contributed by atoms with E-state index in [0.717, 1.165) is 16.3 Å². The van der Waals surface area contributed by atoms with Crippen molar-refractivity contribution < 1.29 is 5.11 Å². The van der Waals surface area contributed by atoms with Crippen molar-refractivity contribution in [2.45, 2.75) is 57.5 Å². The van der Waals surface area contributed by atoms with Crippen LogP contribution in [0.15, 0.2) is 29.6 Å². The normalized spacial score (nSPS) is 17.0. The lowest BCUT2D eigenvalue weighted by Crippen LogP contribution is -2.12. The molecule has 2 aromatic rings. The Morgan fingerprint density at radius 2 is 2.00 bits per heavy atom. The van der Waals surface area contributed by atoms with Gasteiger partial charge in [-0.15, -0.1) is 11.3 Å². The van der Waals surface area contributed by atoms with E-state index in [1.165, 1.54) is 18.4 Å². The van der Waals surface area contributed by atoms with E-state index in [4.69, 9.17) is 4.98 Å². The van der Waals surface area contributed by atoms with Crippen LogP contribution in [0.5, 0.6) is 0 Å². The third kappa shape index (κ3) is 3.35. The van der Waals surface area contributed by atoms with Gasteiger partial charge in [-0.2, -0.15) is 0 Å². The summed E-state index contributed by atoms with van der Waals surface area (Å²) < 4.78 is 0. The van der Waals surface area contributed by atoms with E-state index >= 15 is 0 Å². The number of benzene rings is 1. The molecule has 3 rings (SSSR count). The molecule has 1 unspecified atom stereocenters. The second kappa shape index (κ2) is 5.54. The van der Waals surface area contributed by atoms with Crippen molar-refractivity contribution in [3.05, 3.63) is 51.5 Å². The maximum atomic E-state index is 10.6. The van der Waals surface area contributed by atoms with Gasteiger partial charge in [0, 0.05) is 17.2 Å². The zero-order chi connectivity index (χ0) is 15.0. The quantitative estimate of drug-likeness (QED) is 0.895. The molecule has 1 aliphatic rings. The predicted octanol–water partition coefficient (Wildman–Crippen LogP) is 4.59. The molecule has 1 atom stereocenters. The van der Waals surface area contributed by atoms with Gasteiger partial charge < -0.3 is 5.11 Å². The number of nitrogens with zero attached hydrogens (tertiary/aromatic N) is 1. The van der Waals surface area contributed by atoms with E-state index in [1.807, 2.05) is 6.07 Å². The highest BCUT2D eigenvalue weighted by atomic mass is 32.1. The molecule has 21 heavy (non-hydrogen) atoms. The minimum absolute atomic E-state index is 0.0750. The van der Waals surface area contributed by atoms with E-state index < -0.39 is 6.10 Å². The van der Waals surface area contributed by atoms with Crippen LogP contribution in [0.1, 0.15) is 67.5 Å². The monoisotopic (exact) mass is 301 g/mol. The first-order chi connectivity index (χ1) is 9.95. The largest absolute Gasteiger partial charge is 0.388 e. The number of rotatable bonds is 4. The third-order valence-corrected chi connectivity index (χ3v) is 4.93. The highest BCUT2D eigenvalue weighted by Gasteiger charge is 2.28. The summed E-state index contributed by atoms with van der Waals surface area (Å²) in [4.78, 5) is 4.70. The summed E-state index contributed by atoms with van der Waals surface area (Å²) in [5.74, 6) is 0.664. The molecule has 2 nitrogen and oxygen atoms in total. The molecule has 1 aromatic carbocycles. The second-order valence-corrected chi connectivity index (χ2v) is 7.94. The summed E-state index contributed by atoms with van der Waals surface area (Å²) in [5.41, 5.74) is 3.61. The maximum absolute atomic E-state index is 10.6. The lowest BCUT2D eigenvalue weighted by molar-refractivity contribution is 0.177.